The van der Waals surface area contributed by atoms with Crippen molar-refractivity contribution < 1.29 is 4.92 Å². The minimum Gasteiger partial charge on any atom is -0.258 e. The Balaban J connectivity index is 2.51. The number of rotatable bonds is 3. The molecular formula is C15H10N2O2. The van der Waals surface area contributed by atoms with E-state index in [0.29, 0.717) is 11.1 Å². The summed E-state index contributed by atoms with van der Waals surface area (Å²) in [5.74, 6) is 0. The summed E-state index contributed by atoms with van der Waals surface area (Å²) in [5.41, 5.74) is 1.55. The van der Waals surface area contributed by atoms with Crippen LogP contribution in [0.25, 0.3) is 11.6 Å². The summed E-state index contributed by atoms with van der Waals surface area (Å²) in [4.78, 5) is 10.5. The van der Waals surface area contributed by atoms with Gasteiger partial charge in [0.15, 0.2) is 0 Å². The molecule has 19 heavy (non-hydrogen) atoms. The summed E-state index contributed by atoms with van der Waals surface area (Å²) in [6.07, 6.45) is 1.54. The first-order valence-electron chi connectivity index (χ1n) is 5.63. The topological polar surface area (TPSA) is 66.9 Å². The van der Waals surface area contributed by atoms with Gasteiger partial charge in [-0.25, -0.2) is 0 Å². The lowest BCUT2D eigenvalue weighted by atomic mass is 10.0. The van der Waals surface area contributed by atoms with Crippen LogP contribution in [0, 0.1) is 21.4 Å². The zero-order chi connectivity index (χ0) is 13.7. The molecule has 2 aromatic rings. The summed E-state index contributed by atoms with van der Waals surface area (Å²) in [7, 11) is 0. The summed E-state index contributed by atoms with van der Waals surface area (Å²) >= 11 is 0. The molecule has 0 amide bonds. The van der Waals surface area contributed by atoms with Crippen LogP contribution >= 0.6 is 0 Å². The number of nitriles is 1. The average molecular weight is 250 g/mol. The van der Waals surface area contributed by atoms with E-state index in [1.165, 1.54) is 12.1 Å². The molecular weight excluding hydrogens is 240 g/mol. The first-order chi connectivity index (χ1) is 9.22. The summed E-state index contributed by atoms with van der Waals surface area (Å²) < 4.78 is 0. The Morgan fingerprint density at radius 2 is 1.74 bits per heavy atom. The van der Waals surface area contributed by atoms with Crippen LogP contribution in [0.15, 0.2) is 54.6 Å². The SMILES string of the molecule is N#C/C(=C\c1ccccc1[N+](=O)[O-])c1ccccc1. The lowest BCUT2D eigenvalue weighted by Crippen LogP contribution is -1.91. The number of nitro groups is 1. The van der Waals surface area contributed by atoms with Crippen molar-refractivity contribution in [2.75, 3.05) is 0 Å². The lowest BCUT2D eigenvalue weighted by Gasteiger charge is -2.00. The van der Waals surface area contributed by atoms with Crippen molar-refractivity contribution in [2.24, 2.45) is 0 Å². The smallest absolute Gasteiger partial charge is 0.258 e. The molecule has 0 fully saturated rings. The van der Waals surface area contributed by atoms with Crippen molar-refractivity contribution >= 4 is 17.3 Å². The third kappa shape index (κ3) is 2.85. The van der Waals surface area contributed by atoms with Crippen LogP contribution in [0.1, 0.15) is 11.1 Å². The van der Waals surface area contributed by atoms with Gasteiger partial charge in [-0.05, 0) is 17.7 Å². The number of nitrogens with zero attached hydrogens (tertiary/aromatic N) is 2. The van der Waals surface area contributed by atoms with Crippen molar-refractivity contribution in [1.82, 2.24) is 0 Å². The maximum Gasteiger partial charge on any atom is 0.276 e. The first kappa shape index (κ1) is 12.5. The van der Waals surface area contributed by atoms with Crippen LogP contribution in [0.4, 0.5) is 5.69 Å². The van der Waals surface area contributed by atoms with Gasteiger partial charge in [-0.3, -0.25) is 10.1 Å². The third-order valence-corrected chi connectivity index (χ3v) is 2.64. The molecule has 0 aliphatic carbocycles. The van der Waals surface area contributed by atoms with Gasteiger partial charge in [0.1, 0.15) is 0 Å². The molecule has 0 unspecified atom stereocenters. The minimum absolute atomic E-state index is 0.00817. The van der Waals surface area contributed by atoms with Crippen molar-refractivity contribution in [3.63, 3.8) is 0 Å². The van der Waals surface area contributed by atoms with Crippen LogP contribution in [-0.4, -0.2) is 4.92 Å². The second-order valence-electron chi connectivity index (χ2n) is 3.85. The molecule has 0 radical (unpaired) electrons. The van der Waals surface area contributed by atoms with Gasteiger partial charge in [-0.2, -0.15) is 5.26 Å². The molecule has 0 N–H and O–H groups in total. The third-order valence-electron chi connectivity index (χ3n) is 2.64. The van der Waals surface area contributed by atoms with E-state index in [4.69, 9.17) is 0 Å². The Bertz CT molecular complexity index is 670. The number of benzene rings is 2. The Labute approximate surface area is 110 Å². The molecule has 2 aromatic carbocycles. The van der Waals surface area contributed by atoms with E-state index in [9.17, 15) is 15.4 Å². The second kappa shape index (κ2) is 5.61. The van der Waals surface area contributed by atoms with Crippen molar-refractivity contribution in [3.8, 4) is 6.07 Å². The second-order valence-corrected chi connectivity index (χ2v) is 3.85. The Kier molecular flexibility index (Phi) is 3.70. The summed E-state index contributed by atoms with van der Waals surface area (Å²) in [6.45, 7) is 0. The molecule has 2 rings (SSSR count). The van der Waals surface area contributed by atoms with Gasteiger partial charge in [0.2, 0.25) is 0 Å². The van der Waals surface area contributed by atoms with E-state index >= 15 is 0 Å². The van der Waals surface area contributed by atoms with Gasteiger partial charge in [0.25, 0.3) is 5.69 Å². The first-order valence-corrected chi connectivity index (χ1v) is 5.63. The quantitative estimate of drug-likeness (QED) is 0.361. The highest BCUT2D eigenvalue weighted by Gasteiger charge is 2.11. The summed E-state index contributed by atoms with van der Waals surface area (Å²) in [5, 5.41) is 20.1. The van der Waals surface area contributed by atoms with Gasteiger partial charge >= 0.3 is 0 Å². The Morgan fingerprint density at radius 3 is 2.37 bits per heavy atom. The molecule has 4 nitrogen and oxygen atoms in total. The molecule has 0 aliphatic heterocycles. The molecule has 0 heterocycles. The van der Waals surface area contributed by atoms with E-state index in [2.05, 4.69) is 6.07 Å². The standard InChI is InChI=1S/C15H10N2O2/c16-11-14(12-6-2-1-3-7-12)10-13-8-4-5-9-15(13)17(18)19/h1-10H/b14-10+. The molecule has 4 heteroatoms. The Hall–Kier alpha value is -2.93. The van der Waals surface area contributed by atoms with Crippen LogP contribution in [0.2, 0.25) is 0 Å². The van der Waals surface area contributed by atoms with Gasteiger partial charge < -0.3 is 0 Å². The molecule has 0 saturated carbocycles. The zero-order valence-electron chi connectivity index (χ0n) is 9.98. The fourth-order valence-corrected chi connectivity index (χ4v) is 1.73. The minimum atomic E-state index is -0.453. The van der Waals surface area contributed by atoms with Crippen molar-refractivity contribution in [3.05, 3.63) is 75.8 Å². The van der Waals surface area contributed by atoms with Crippen LogP contribution in [0.5, 0.6) is 0 Å². The van der Waals surface area contributed by atoms with Crippen LogP contribution in [-0.2, 0) is 0 Å². The fraction of sp³-hybridized carbons (Fsp3) is 0. The van der Waals surface area contributed by atoms with E-state index in [1.54, 1.807) is 30.3 Å². The van der Waals surface area contributed by atoms with E-state index in [1.807, 2.05) is 18.2 Å². The largest absolute Gasteiger partial charge is 0.276 e. The van der Waals surface area contributed by atoms with Crippen molar-refractivity contribution in [2.45, 2.75) is 0 Å². The van der Waals surface area contributed by atoms with E-state index < -0.39 is 4.92 Å². The molecule has 0 aromatic heterocycles. The number of allylic oxidation sites excluding steroid dienone is 1. The fourth-order valence-electron chi connectivity index (χ4n) is 1.73. The number of hydrogen-bond acceptors (Lipinski definition) is 3. The molecule has 0 aliphatic rings. The van der Waals surface area contributed by atoms with Gasteiger partial charge in [-0.1, -0.05) is 42.5 Å². The lowest BCUT2D eigenvalue weighted by molar-refractivity contribution is -0.385. The molecule has 0 spiro atoms. The highest BCUT2D eigenvalue weighted by atomic mass is 16.6. The van der Waals surface area contributed by atoms with Gasteiger partial charge in [0, 0.05) is 6.07 Å². The molecule has 0 atom stereocenters. The number of nitro benzene ring substituents is 1. The highest BCUT2D eigenvalue weighted by Crippen LogP contribution is 2.24. The maximum absolute atomic E-state index is 10.9. The maximum atomic E-state index is 10.9. The predicted octanol–water partition coefficient (Wildman–Crippen LogP) is 3.66. The zero-order valence-corrected chi connectivity index (χ0v) is 9.98. The normalized spacial score (nSPS) is 10.8. The van der Waals surface area contributed by atoms with E-state index in [-0.39, 0.29) is 5.69 Å². The summed E-state index contributed by atoms with van der Waals surface area (Å²) in [6, 6.07) is 17.5. The van der Waals surface area contributed by atoms with Crippen LogP contribution < -0.4 is 0 Å². The molecule has 92 valence electrons. The monoisotopic (exact) mass is 250 g/mol. The number of hydrogen-bond donors (Lipinski definition) is 0. The average Bonchev–Trinajstić information content (AvgIpc) is 2.46. The van der Waals surface area contributed by atoms with Crippen LogP contribution in [0.3, 0.4) is 0 Å². The van der Waals surface area contributed by atoms with Gasteiger partial charge in [0.05, 0.1) is 22.1 Å². The van der Waals surface area contributed by atoms with Gasteiger partial charge in [-0.15, -0.1) is 0 Å². The molecule has 0 saturated heterocycles. The Morgan fingerprint density at radius 1 is 1.11 bits per heavy atom. The molecule has 0 bridgehead atoms. The highest BCUT2D eigenvalue weighted by molar-refractivity contribution is 5.91. The predicted molar refractivity (Wildman–Crippen MR) is 73.0 cm³/mol. The number of para-hydroxylation sites is 1. The van der Waals surface area contributed by atoms with Crippen molar-refractivity contribution in [1.29, 1.82) is 5.26 Å². The van der Waals surface area contributed by atoms with E-state index in [0.717, 1.165) is 5.56 Å².